The summed E-state index contributed by atoms with van der Waals surface area (Å²) in [6.45, 7) is 0.495. The zero-order valence-corrected chi connectivity index (χ0v) is 11.5. The average Bonchev–Trinajstić information content (AvgIpc) is 2.97. The highest BCUT2D eigenvalue weighted by atomic mass is 16.1. The van der Waals surface area contributed by atoms with Crippen LogP contribution in [-0.2, 0) is 11.2 Å². The van der Waals surface area contributed by atoms with Gasteiger partial charge in [-0.3, -0.25) is 9.48 Å². The minimum Gasteiger partial charge on any atom is -0.329 e. The molecule has 0 radical (unpaired) electrons. The van der Waals surface area contributed by atoms with Crippen molar-refractivity contribution < 1.29 is 4.79 Å². The maximum atomic E-state index is 12.3. The molecule has 0 saturated heterocycles. The van der Waals surface area contributed by atoms with Crippen LogP contribution in [0.4, 0.5) is 0 Å². The molecule has 2 fully saturated rings. The highest BCUT2D eigenvalue weighted by Gasteiger charge is 2.42. The Morgan fingerprint density at radius 1 is 1.37 bits per heavy atom. The highest BCUT2D eigenvalue weighted by Crippen LogP contribution is 2.41. The van der Waals surface area contributed by atoms with E-state index in [-0.39, 0.29) is 11.2 Å². The van der Waals surface area contributed by atoms with Crippen molar-refractivity contribution in [1.82, 2.24) is 9.78 Å². The number of Topliss-reactive ketones (excluding diaryl/α,β-unsaturated/α-hetero) is 1. The van der Waals surface area contributed by atoms with E-state index in [0.29, 0.717) is 19.0 Å². The topological polar surface area (TPSA) is 60.9 Å². The van der Waals surface area contributed by atoms with Crippen LogP contribution in [0.15, 0.2) is 12.3 Å². The smallest absolute Gasteiger partial charge is 0.146 e. The Morgan fingerprint density at radius 2 is 2.11 bits per heavy atom. The lowest BCUT2D eigenvalue weighted by Gasteiger charge is -2.39. The highest BCUT2D eigenvalue weighted by molar-refractivity contribution is 5.87. The van der Waals surface area contributed by atoms with E-state index in [0.717, 1.165) is 25.0 Å². The van der Waals surface area contributed by atoms with Crippen molar-refractivity contribution in [3.05, 3.63) is 18.0 Å². The lowest BCUT2D eigenvalue weighted by atomic mass is 9.65. The third kappa shape index (κ3) is 2.34. The SMILES string of the molecule is NCC1(C(=O)Cc2ccn(C3CCCC3)n2)CCC1. The number of rotatable bonds is 5. The van der Waals surface area contributed by atoms with Crippen LogP contribution in [0.1, 0.15) is 56.7 Å². The number of hydrogen-bond donors (Lipinski definition) is 1. The monoisotopic (exact) mass is 261 g/mol. The molecule has 0 bridgehead atoms. The Labute approximate surface area is 114 Å². The number of nitrogens with zero attached hydrogens (tertiary/aromatic N) is 2. The van der Waals surface area contributed by atoms with Gasteiger partial charge in [0.1, 0.15) is 5.78 Å². The van der Waals surface area contributed by atoms with Crippen molar-refractivity contribution in [2.24, 2.45) is 11.1 Å². The van der Waals surface area contributed by atoms with E-state index in [1.165, 1.54) is 25.7 Å². The van der Waals surface area contributed by atoms with E-state index in [1.54, 1.807) is 0 Å². The van der Waals surface area contributed by atoms with Crippen LogP contribution < -0.4 is 5.73 Å². The lowest BCUT2D eigenvalue weighted by molar-refractivity contribution is -0.132. The number of hydrogen-bond acceptors (Lipinski definition) is 3. The molecule has 0 atom stereocenters. The Bertz CT molecular complexity index is 450. The quantitative estimate of drug-likeness (QED) is 0.884. The summed E-state index contributed by atoms with van der Waals surface area (Å²) in [6, 6.07) is 2.55. The van der Waals surface area contributed by atoms with Gasteiger partial charge in [0.15, 0.2) is 0 Å². The molecular weight excluding hydrogens is 238 g/mol. The largest absolute Gasteiger partial charge is 0.329 e. The van der Waals surface area contributed by atoms with Crippen LogP contribution >= 0.6 is 0 Å². The van der Waals surface area contributed by atoms with Crippen molar-refractivity contribution in [2.45, 2.75) is 57.4 Å². The molecule has 2 aliphatic rings. The van der Waals surface area contributed by atoms with Crippen LogP contribution in [0.25, 0.3) is 0 Å². The Balaban J connectivity index is 1.65. The van der Waals surface area contributed by atoms with Gasteiger partial charge < -0.3 is 5.73 Å². The fourth-order valence-electron chi connectivity index (χ4n) is 3.40. The summed E-state index contributed by atoms with van der Waals surface area (Å²) in [7, 11) is 0. The molecule has 104 valence electrons. The van der Waals surface area contributed by atoms with Crippen molar-refractivity contribution >= 4 is 5.78 Å². The van der Waals surface area contributed by atoms with Crippen LogP contribution in [0.5, 0.6) is 0 Å². The Hall–Kier alpha value is -1.16. The molecule has 0 amide bonds. The van der Waals surface area contributed by atoms with Gasteiger partial charge in [0.2, 0.25) is 0 Å². The Kier molecular flexibility index (Phi) is 3.44. The van der Waals surface area contributed by atoms with Crippen molar-refractivity contribution in [3.63, 3.8) is 0 Å². The van der Waals surface area contributed by atoms with Gasteiger partial charge in [0.25, 0.3) is 0 Å². The zero-order valence-electron chi connectivity index (χ0n) is 11.5. The van der Waals surface area contributed by atoms with Crippen LogP contribution in [-0.4, -0.2) is 22.1 Å². The van der Waals surface area contributed by atoms with Crippen LogP contribution in [0.2, 0.25) is 0 Å². The molecule has 3 rings (SSSR count). The second kappa shape index (κ2) is 5.08. The number of ketones is 1. The second-order valence-electron chi connectivity index (χ2n) is 6.16. The molecule has 2 saturated carbocycles. The summed E-state index contributed by atoms with van der Waals surface area (Å²) >= 11 is 0. The van der Waals surface area contributed by atoms with E-state index in [1.807, 2.05) is 12.3 Å². The first-order valence-corrected chi connectivity index (χ1v) is 7.51. The van der Waals surface area contributed by atoms with Crippen molar-refractivity contribution in [3.8, 4) is 0 Å². The lowest BCUT2D eigenvalue weighted by Crippen LogP contribution is -2.45. The standard InChI is InChI=1S/C15H23N3O/c16-11-15(7-3-8-15)14(19)10-12-6-9-18(17-12)13-4-1-2-5-13/h6,9,13H,1-5,7-8,10-11,16H2. The molecule has 1 heterocycles. The first kappa shape index (κ1) is 12.9. The van der Waals surface area contributed by atoms with E-state index < -0.39 is 0 Å². The molecule has 2 N–H and O–H groups in total. The van der Waals surface area contributed by atoms with Crippen molar-refractivity contribution in [1.29, 1.82) is 0 Å². The Morgan fingerprint density at radius 3 is 2.68 bits per heavy atom. The summed E-state index contributed by atoms with van der Waals surface area (Å²) < 4.78 is 2.06. The van der Waals surface area contributed by atoms with Crippen molar-refractivity contribution in [2.75, 3.05) is 6.54 Å². The fraction of sp³-hybridized carbons (Fsp3) is 0.733. The summed E-state index contributed by atoms with van der Waals surface area (Å²) in [5.74, 6) is 0.290. The second-order valence-corrected chi connectivity index (χ2v) is 6.16. The summed E-state index contributed by atoms with van der Waals surface area (Å²) in [5.41, 5.74) is 6.47. The third-order valence-corrected chi connectivity index (χ3v) is 5.00. The van der Waals surface area contributed by atoms with Gasteiger partial charge in [-0.15, -0.1) is 0 Å². The molecule has 4 heteroatoms. The molecule has 0 aromatic carbocycles. The van der Waals surface area contributed by atoms with Gasteiger partial charge in [0.05, 0.1) is 18.2 Å². The maximum absolute atomic E-state index is 12.3. The van der Waals surface area contributed by atoms with Gasteiger partial charge in [-0.1, -0.05) is 19.3 Å². The van der Waals surface area contributed by atoms with E-state index in [9.17, 15) is 4.79 Å². The molecule has 19 heavy (non-hydrogen) atoms. The minimum atomic E-state index is -0.225. The predicted molar refractivity (Wildman–Crippen MR) is 73.8 cm³/mol. The minimum absolute atomic E-state index is 0.225. The van der Waals surface area contributed by atoms with E-state index in [4.69, 9.17) is 5.73 Å². The molecule has 0 aliphatic heterocycles. The summed E-state index contributed by atoms with van der Waals surface area (Å²) in [6.07, 6.45) is 10.6. The van der Waals surface area contributed by atoms with Gasteiger partial charge in [-0.05, 0) is 31.7 Å². The van der Waals surface area contributed by atoms with Crippen LogP contribution in [0.3, 0.4) is 0 Å². The third-order valence-electron chi connectivity index (χ3n) is 5.00. The first-order chi connectivity index (χ1) is 9.23. The fourth-order valence-corrected chi connectivity index (χ4v) is 3.40. The molecule has 2 aliphatic carbocycles. The molecule has 1 aromatic heterocycles. The zero-order chi connectivity index (χ0) is 13.3. The maximum Gasteiger partial charge on any atom is 0.146 e. The summed E-state index contributed by atoms with van der Waals surface area (Å²) in [5, 5.41) is 4.59. The molecule has 0 unspecified atom stereocenters. The van der Waals surface area contributed by atoms with E-state index in [2.05, 4.69) is 9.78 Å². The van der Waals surface area contributed by atoms with Gasteiger partial charge >= 0.3 is 0 Å². The summed E-state index contributed by atoms with van der Waals surface area (Å²) in [4.78, 5) is 12.3. The first-order valence-electron chi connectivity index (χ1n) is 7.51. The molecule has 1 aromatic rings. The van der Waals surface area contributed by atoms with Gasteiger partial charge in [0, 0.05) is 18.2 Å². The predicted octanol–water partition coefficient (Wildman–Crippen LogP) is 2.24. The number of carbonyl (C=O) groups excluding carboxylic acids is 1. The average molecular weight is 261 g/mol. The number of nitrogens with two attached hydrogens (primary N) is 1. The number of aromatic nitrogens is 2. The molecule has 0 spiro atoms. The van der Waals surface area contributed by atoms with Gasteiger partial charge in [-0.25, -0.2) is 0 Å². The molecule has 4 nitrogen and oxygen atoms in total. The van der Waals surface area contributed by atoms with E-state index >= 15 is 0 Å². The normalized spacial score (nSPS) is 22.4. The van der Waals surface area contributed by atoms with Crippen LogP contribution in [0, 0.1) is 5.41 Å². The molecular formula is C15H23N3O. The number of carbonyl (C=O) groups is 1. The van der Waals surface area contributed by atoms with Gasteiger partial charge in [-0.2, -0.15) is 5.10 Å².